The van der Waals surface area contributed by atoms with E-state index in [9.17, 15) is 4.79 Å². The van der Waals surface area contributed by atoms with Crippen molar-refractivity contribution < 1.29 is 9.53 Å². The monoisotopic (exact) mass is 436 g/mol. The Morgan fingerprint density at radius 3 is 2.73 bits per heavy atom. The average Bonchev–Trinajstić information content (AvgIpc) is 2.87. The van der Waals surface area contributed by atoms with Gasteiger partial charge < -0.3 is 9.64 Å². The van der Waals surface area contributed by atoms with Crippen LogP contribution in [0.4, 0.5) is 0 Å². The van der Waals surface area contributed by atoms with Gasteiger partial charge in [0.1, 0.15) is 12.4 Å². The molecule has 0 saturated carbocycles. The molecule has 2 aromatic carbocycles. The molecular weight excluding hydrogens is 416 g/mol. The molecule has 6 heteroatoms. The molecule has 0 N–H and O–H groups in total. The minimum atomic E-state index is 0.0165. The highest BCUT2D eigenvalue weighted by Crippen LogP contribution is 2.19. The standard InChI is InChI=1S/C20H22BrClN2O2/c21-16-5-3-6-17(15-16)26-14-13-23-9-4-10-24(12-11-23)20(25)18-7-1-2-8-19(18)22/h1-3,5-8,15H,4,9-14H2. The van der Waals surface area contributed by atoms with Gasteiger partial charge in [0.05, 0.1) is 10.6 Å². The van der Waals surface area contributed by atoms with Gasteiger partial charge in [-0.2, -0.15) is 0 Å². The van der Waals surface area contributed by atoms with E-state index in [0.29, 0.717) is 23.7 Å². The summed E-state index contributed by atoms with van der Waals surface area (Å²) in [6.45, 7) is 4.76. The molecule has 2 aromatic rings. The lowest BCUT2D eigenvalue weighted by Gasteiger charge is -2.22. The molecule has 3 rings (SSSR count). The Morgan fingerprint density at radius 2 is 1.92 bits per heavy atom. The highest BCUT2D eigenvalue weighted by molar-refractivity contribution is 9.10. The van der Waals surface area contributed by atoms with Crippen molar-refractivity contribution in [1.29, 1.82) is 0 Å². The fourth-order valence-electron chi connectivity index (χ4n) is 3.05. The van der Waals surface area contributed by atoms with Crippen LogP contribution in [0.15, 0.2) is 53.0 Å². The molecule has 26 heavy (non-hydrogen) atoms. The predicted octanol–water partition coefficient (Wildman–Crippen LogP) is 4.33. The maximum atomic E-state index is 12.7. The van der Waals surface area contributed by atoms with Gasteiger partial charge >= 0.3 is 0 Å². The van der Waals surface area contributed by atoms with Crippen molar-refractivity contribution in [3.05, 3.63) is 63.6 Å². The van der Waals surface area contributed by atoms with E-state index in [1.807, 2.05) is 41.3 Å². The number of nitrogens with zero attached hydrogens (tertiary/aromatic N) is 2. The van der Waals surface area contributed by atoms with E-state index in [1.165, 1.54) is 0 Å². The maximum Gasteiger partial charge on any atom is 0.255 e. The minimum absolute atomic E-state index is 0.0165. The molecule has 138 valence electrons. The van der Waals surface area contributed by atoms with Crippen molar-refractivity contribution in [3.63, 3.8) is 0 Å². The van der Waals surface area contributed by atoms with Crippen LogP contribution in [-0.2, 0) is 0 Å². The van der Waals surface area contributed by atoms with Crippen LogP contribution in [0.3, 0.4) is 0 Å². The Labute approximate surface area is 167 Å². The summed E-state index contributed by atoms with van der Waals surface area (Å²) in [5, 5.41) is 0.515. The van der Waals surface area contributed by atoms with Gasteiger partial charge in [-0.3, -0.25) is 9.69 Å². The summed E-state index contributed by atoms with van der Waals surface area (Å²) >= 11 is 9.62. The predicted molar refractivity (Wildman–Crippen MR) is 108 cm³/mol. The fourth-order valence-corrected chi connectivity index (χ4v) is 3.65. The molecule has 0 unspecified atom stereocenters. The van der Waals surface area contributed by atoms with E-state index in [1.54, 1.807) is 12.1 Å². The summed E-state index contributed by atoms with van der Waals surface area (Å²) in [5.41, 5.74) is 0.584. The lowest BCUT2D eigenvalue weighted by molar-refractivity contribution is 0.0761. The van der Waals surface area contributed by atoms with Gasteiger partial charge in [-0.15, -0.1) is 0 Å². The second-order valence-electron chi connectivity index (χ2n) is 6.27. The molecule has 0 spiro atoms. The fraction of sp³-hybridized carbons (Fsp3) is 0.350. The maximum absolute atomic E-state index is 12.7. The zero-order valence-electron chi connectivity index (χ0n) is 14.5. The molecule has 1 aliphatic rings. The second-order valence-corrected chi connectivity index (χ2v) is 7.60. The zero-order chi connectivity index (χ0) is 18.4. The first-order valence-electron chi connectivity index (χ1n) is 8.78. The van der Waals surface area contributed by atoms with Crippen LogP contribution in [0.1, 0.15) is 16.8 Å². The second kappa shape index (κ2) is 9.40. The molecule has 4 nitrogen and oxygen atoms in total. The number of amides is 1. The van der Waals surface area contributed by atoms with Crippen LogP contribution < -0.4 is 4.74 Å². The van der Waals surface area contributed by atoms with Crippen LogP contribution in [0.25, 0.3) is 0 Å². The number of ether oxygens (including phenoxy) is 1. The summed E-state index contributed by atoms with van der Waals surface area (Å²) in [7, 11) is 0. The Morgan fingerprint density at radius 1 is 1.08 bits per heavy atom. The molecule has 1 heterocycles. The molecule has 0 radical (unpaired) electrons. The Hall–Kier alpha value is -1.56. The van der Waals surface area contributed by atoms with Crippen molar-refractivity contribution in [2.24, 2.45) is 0 Å². The van der Waals surface area contributed by atoms with E-state index >= 15 is 0 Å². The lowest BCUT2D eigenvalue weighted by atomic mass is 10.2. The zero-order valence-corrected chi connectivity index (χ0v) is 16.9. The molecule has 0 aromatic heterocycles. The number of rotatable bonds is 5. The summed E-state index contributed by atoms with van der Waals surface area (Å²) < 4.78 is 6.83. The highest BCUT2D eigenvalue weighted by atomic mass is 79.9. The van der Waals surface area contributed by atoms with E-state index in [0.717, 1.165) is 42.8 Å². The van der Waals surface area contributed by atoms with Crippen LogP contribution in [-0.4, -0.2) is 55.0 Å². The Kier molecular flexibility index (Phi) is 6.94. The highest BCUT2D eigenvalue weighted by Gasteiger charge is 2.21. The van der Waals surface area contributed by atoms with Crippen LogP contribution in [0.2, 0.25) is 5.02 Å². The summed E-state index contributed by atoms with van der Waals surface area (Å²) in [4.78, 5) is 16.9. The van der Waals surface area contributed by atoms with Crippen molar-refractivity contribution in [2.45, 2.75) is 6.42 Å². The number of benzene rings is 2. The van der Waals surface area contributed by atoms with Crippen LogP contribution in [0, 0.1) is 0 Å². The first-order valence-corrected chi connectivity index (χ1v) is 9.95. The Bertz CT molecular complexity index is 756. The van der Waals surface area contributed by atoms with Gasteiger partial charge in [-0.1, -0.05) is 45.7 Å². The van der Waals surface area contributed by atoms with Crippen LogP contribution >= 0.6 is 27.5 Å². The number of carbonyl (C=O) groups is 1. The van der Waals surface area contributed by atoms with Gasteiger partial charge in [-0.25, -0.2) is 0 Å². The molecule has 0 bridgehead atoms. The largest absolute Gasteiger partial charge is 0.492 e. The number of hydrogen-bond acceptors (Lipinski definition) is 3. The van der Waals surface area contributed by atoms with Gasteiger partial charge in [0.25, 0.3) is 5.91 Å². The number of carbonyl (C=O) groups excluding carboxylic acids is 1. The quantitative estimate of drug-likeness (QED) is 0.698. The van der Waals surface area contributed by atoms with E-state index in [-0.39, 0.29) is 5.91 Å². The minimum Gasteiger partial charge on any atom is -0.492 e. The van der Waals surface area contributed by atoms with E-state index < -0.39 is 0 Å². The molecule has 1 aliphatic heterocycles. The molecule has 1 saturated heterocycles. The SMILES string of the molecule is O=C(c1ccccc1Cl)N1CCCN(CCOc2cccc(Br)c2)CC1. The van der Waals surface area contributed by atoms with E-state index in [4.69, 9.17) is 16.3 Å². The third kappa shape index (κ3) is 5.22. The van der Waals surface area contributed by atoms with Crippen molar-refractivity contribution in [3.8, 4) is 5.75 Å². The van der Waals surface area contributed by atoms with Crippen molar-refractivity contribution in [1.82, 2.24) is 9.80 Å². The molecule has 0 aliphatic carbocycles. The molecule has 1 fully saturated rings. The average molecular weight is 438 g/mol. The molecule has 1 amide bonds. The summed E-state index contributed by atoms with van der Waals surface area (Å²) in [6, 6.07) is 15.1. The first-order chi connectivity index (χ1) is 12.6. The Balaban J connectivity index is 1.49. The van der Waals surface area contributed by atoms with Crippen LogP contribution in [0.5, 0.6) is 5.75 Å². The van der Waals surface area contributed by atoms with E-state index in [2.05, 4.69) is 20.8 Å². The first kappa shape index (κ1) is 19.2. The third-order valence-electron chi connectivity index (χ3n) is 4.45. The molecule has 0 atom stereocenters. The van der Waals surface area contributed by atoms with Crippen molar-refractivity contribution in [2.75, 3.05) is 39.3 Å². The van der Waals surface area contributed by atoms with Crippen molar-refractivity contribution >= 4 is 33.4 Å². The molecular formula is C20H22BrClN2O2. The smallest absolute Gasteiger partial charge is 0.255 e. The number of hydrogen-bond donors (Lipinski definition) is 0. The normalized spacial score (nSPS) is 15.5. The summed E-state index contributed by atoms with van der Waals surface area (Å²) in [5.74, 6) is 0.882. The lowest BCUT2D eigenvalue weighted by Crippen LogP contribution is -2.36. The van der Waals surface area contributed by atoms with Gasteiger partial charge in [0.15, 0.2) is 0 Å². The third-order valence-corrected chi connectivity index (χ3v) is 5.28. The van der Waals surface area contributed by atoms with Gasteiger partial charge in [-0.05, 0) is 36.8 Å². The van der Waals surface area contributed by atoms with Gasteiger partial charge in [0.2, 0.25) is 0 Å². The van der Waals surface area contributed by atoms with Gasteiger partial charge in [0, 0.05) is 37.2 Å². The number of halogens is 2. The summed E-state index contributed by atoms with van der Waals surface area (Å²) in [6.07, 6.45) is 0.951. The topological polar surface area (TPSA) is 32.8 Å².